The van der Waals surface area contributed by atoms with Gasteiger partial charge in [0.25, 0.3) is 0 Å². The Morgan fingerprint density at radius 2 is 1.77 bits per heavy atom. The van der Waals surface area contributed by atoms with Crippen LogP contribution in [0.2, 0.25) is 0 Å². The normalized spacial score (nSPS) is 12.6. The van der Waals surface area contributed by atoms with Crippen LogP contribution in [0.15, 0.2) is 47.4 Å². The highest BCUT2D eigenvalue weighted by atomic mass is 32.2. The van der Waals surface area contributed by atoms with Crippen LogP contribution in [0, 0.1) is 11.6 Å². The lowest BCUT2D eigenvalue weighted by Crippen LogP contribution is -2.27. The van der Waals surface area contributed by atoms with Crippen LogP contribution in [0.4, 0.5) is 8.78 Å². The molecule has 0 spiro atoms. The summed E-state index contributed by atoms with van der Waals surface area (Å²) < 4.78 is 52.5. The van der Waals surface area contributed by atoms with Gasteiger partial charge in [0.2, 0.25) is 15.9 Å². The van der Waals surface area contributed by atoms with Crippen molar-refractivity contribution in [1.29, 1.82) is 0 Å². The number of rotatable bonds is 7. The summed E-state index contributed by atoms with van der Waals surface area (Å²) in [6, 6.07) is 8.62. The molecule has 2 aromatic rings. The van der Waals surface area contributed by atoms with Crippen molar-refractivity contribution in [1.82, 2.24) is 10.0 Å². The fourth-order valence-electron chi connectivity index (χ4n) is 2.45. The second-order valence-corrected chi connectivity index (χ2v) is 7.69. The third-order valence-electron chi connectivity index (χ3n) is 3.95. The molecule has 0 bridgehead atoms. The highest BCUT2D eigenvalue weighted by Gasteiger charge is 2.15. The minimum atomic E-state index is -3.50. The molecule has 0 aliphatic carbocycles. The molecule has 0 saturated heterocycles. The highest BCUT2D eigenvalue weighted by molar-refractivity contribution is 7.89. The third kappa shape index (κ3) is 5.09. The number of hydrogen-bond acceptors (Lipinski definition) is 3. The van der Waals surface area contributed by atoms with Gasteiger partial charge in [-0.15, -0.1) is 0 Å². The van der Waals surface area contributed by atoms with Crippen molar-refractivity contribution < 1.29 is 22.0 Å². The Balaban J connectivity index is 1.93. The number of hydrogen-bond donors (Lipinski definition) is 2. The van der Waals surface area contributed by atoms with E-state index < -0.39 is 27.7 Å². The molecule has 0 heterocycles. The number of carbonyl (C=O) groups is 1. The molecule has 0 aliphatic heterocycles. The van der Waals surface area contributed by atoms with Crippen molar-refractivity contribution in [2.45, 2.75) is 30.7 Å². The van der Waals surface area contributed by atoms with E-state index in [1.54, 1.807) is 19.1 Å². The molecule has 0 aromatic heterocycles. The second-order valence-electron chi connectivity index (χ2n) is 5.81. The van der Waals surface area contributed by atoms with Gasteiger partial charge in [0.1, 0.15) is 11.6 Å². The molecule has 2 N–H and O–H groups in total. The first-order valence-corrected chi connectivity index (χ1v) is 9.48. The van der Waals surface area contributed by atoms with Gasteiger partial charge < -0.3 is 5.32 Å². The van der Waals surface area contributed by atoms with Gasteiger partial charge in [-0.25, -0.2) is 21.9 Å². The SMILES string of the molecule is CNS(=O)(=O)c1ccc(CCC(=O)NC(C)c2cc(F)ccc2F)cc1. The molecule has 0 saturated carbocycles. The van der Waals surface area contributed by atoms with E-state index >= 15 is 0 Å². The van der Waals surface area contributed by atoms with E-state index in [1.807, 2.05) is 0 Å². The number of aryl methyl sites for hydroxylation is 1. The zero-order valence-electron chi connectivity index (χ0n) is 14.4. The molecule has 0 aliphatic rings. The largest absolute Gasteiger partial charge is 0.349 e. The monoisotopic (exact) mass is 382 g/mol. The van der Waals surface area contributed by atoms with E-state index in [1.165, 1.54) is 19.2 Å². The van der Waals surface area contributed by atoms with Crippen LogP contribution in [-0.2, 0) is 21.2 Å². The van der Waals surface area contributed by atoms with Crippen molar-refractivity contribution in [3.05, 3.63) is 65.2 Å². The zero-order chi connectivity index (χ0) is 19.3. The molecule has 140 valence electrons. The van der Waals surface area contributed by atoms with E-state index in [-0.39, 0.29) is 22.8 Å². The quantitative estimate of drug-likeness (QED) is 0.773. The minimum absolute atomic E-state index is 0.0833. The number of carbonyl (C=O) groups excluding carboxylic acids is 1. The average molecular weight is 382 g/mol. The third-order valence-corrected chi connectivity index (χ3v) is 5.38. The molecular formula is C18H20F2N2O3S. The topological polar surface area (TPSA) is 75.3 Å². The van der Waals surface area contributed by atoms with Crippen LogP contribution in [0.1, 0.15) is 30.5 Å². The molecular weight excluding hydrogens is 362 g/mol. The van der Waals surface area contributed by atoms with Gasteiger partial charge in [0.15, 0.2) is 0 Å². The van der Waals surface area contributed by atoms with Crippen molar-refractivity contribution in [2.24, 2.45) is 0 Å². The van der Waals surface area contributed by atoms with Gasteiger partial charge in [-0.05, 0) is 56.3 Å². The van der Waals surface area contributed by atoms with Crippen LogP contribution >= 0.6 is 0 Å². The zero-order valence-corrected chi connectivity index (χ0v) is 15.2. The predicted octanol–water partition coefficient (Wildman–Crippen LogP) is 2.68. The molecule has 2 aromatic carbocycles. The maximum Gasteiger partial charge on any atom is 0.240 e. The number of halogens is 2. The Kier molecular flexibility index (Phi) is 6.44. The predicted molar refractivity (Wildman–Crippen MR) is 93.9 cm³/mol. The first-order chi connectivity index (χ1) is 12.2. The first kappa shape index (κ1) is 20.0. The summed E-state index contributed by atoms with van der Waals surface area (Å²) in [5.74, 6) is -1.47. The van der Waals surface area contributed by atoms with Crippen LogP contribution in [0.5, 0.6) is 0 Å². The van der Waals surface area contributed by atoms with Crippen molar-refractivity contribution >= 4 is 15.9 Å². The summed E-state index contributed by atoms with van der Waals surface area (Å²) in [5.41, 5.74) is 0.875. The van der Waals surface area contributed by atoms with Crippen LogP contribution in [-0.4, -0.2) is 21.4 Å². The minimum Gasteiger partial charge on any atom is -0.349 e. The number of amides is 1. The van der Waals surface area contributed by atoms with E-state index in [2.05, 4.69) is 10.0 Å². The second kappa shape index (κ2) is 8.37. The molecule has 1 unspecified atom stereocenters. The lowest BCUT2D eigenvalue weighted by Gasteiger charge is -2.15. The smallest absolute Gasteiger partial charge is 0.240 e. The Hall–Kier alpha value is -2.32. The fourth-order valence-corrected chi connectivity index (χ4v) is 3.18. The van der Waals surface area contributed by atoms with Gasteiger partial charge in [-0.2, -0.15) is 0 Å². The Morgan fingerprint density at radius 3 is 2.38 bits per heavy atom. The van der Waals surface area contributed by atoms with Crippen LogP contribution in [0.3, 0.4) is 0 Å². The standard InChI is InChI=1S/C18H20F2N2O3S/c1-12(16-11-14(19)6-9-17(16)20)22-18(23)10-5-13-3-7-15(8-4-13)26(24,25)21-2/h3-4,6-9,11-12,21H,5,10H2,1-2H3,(H,22,23). The van der Waals surface area contributed by atoms with Crippen molar-refractivity contribution in [3.8, 4) is 0 Å². The molecule has 0 radical (unpaired) electrons. The van der Waals surface area contributed by atoms with Crippen molar-refractivity contribution in [2.75, 3.05) is 7.05 Å². The molecule has 26 heavy (non-hydrogen) atoms. The van der Waals surface area contributed by atoms with Gasteiger partial charge in [0.05, 0.1) is 10.9 Å². The maximum atomic E-state index is 13.7. The summed E-state index contributed by atoms with van der Waals surface area (Å²) in [5, 5.41) is 2.63. The summed E-state index contributed by atoms with van der Waals surface area (Å²) in [6.07, 6.45) is 0.531. The summed E-state index contributed by atoms with van der Waals surface area (Å²) in [7, 11) is -2.17. The number of benzene rings is 2. The van der Waals surface area contributed by atoms with Gasteiger partial charge >= 0.3 is 0 Å². The Morgan fingerprint density at radius 1 is 1.12 bits per heavy atom. The molecule has 0 fully saturated rings. The lowest BCUT2D eigenvalue weighted by atomic mass is 10.1. The Labute approximate surface area is 151 Å². The molecule has 1 amide bonds. The van der Waals surface area contributed by atoms with E-state index in [9.17, 15) is 22.0 Å². The van der Waals surface area contributed by atoms with E-state index in [4.69, 9.17) is 0 Å². The van der Waals surface area contributed by atoms with Gasteiger partial charge in [-0.3, -0.25) is 4.79 Å². The van der Waals surface area contributed by atoms with E-state index in [0.717, 1.165) is 23.8 Å². The molecule has 2 rings (SSSR count). The maximum absolute atomic E-state index is 13.7. The average Bonchev–Trinajstić information content (AvgIpc) is 2.62. The number of sulfonamides is 1. The lowest BCUT2D eigenvalue weighted by molar-refractivity contribution is -0.121. The molecule has 1 atom stereocenters. The van der Waals surface area contributed by atoms with Crippen molar-refractivity contribution in [3.63, 3.8) is 0 Å². The van der Waals surface area contributed by atoms with Crippen LogP contribution < -0.4 is 10.0 Å². The summed E-state index contributed by atoms with van der Waals surface area (Å²) in [6.45, 7) is 1.58. The molecule has 5 nitrogen and oxygen atoms in total. The number of nitrogens with one attached hydrogen (secondary N) is 2. The summed E-state index contributed by atoms with van der Waals surface area (Å²) in [4.78, 5) is 12.2. The van der Waals surface area contributed by atoms with Gasteiger partial charge in [0, 0.05) is 12.0 Å². The summed E-state index contributed by atoms with van der Waals surface area (Å²) >= 11 is 0. The fraction of sp³-hybridized carbons (Fsp3) is 0.278. The van der Waals surface area contributed by atoms with E-state index in [0.29, 0.717) is 6.42 Å². The van der Waals surface area contributed by atoms with Gasteiger partial charge in [-0.1, -0.05) is 12.1 Å². The highest BCUT2D eigenvalue weighted by Crippen LogP contribution is 2.18. The Bertz CT molecular complexity index is 884. The van der Waals surface area contributed by atoms with Crippen LogP contribution in [0.25, 0.3) is 0 Å². The first-order valence-electron chi connectivity index (χ1n) is 7.99. The molecule has 8 heteroatoms.